The highest BCUT2D eigenvalue weighted by molar-refractivity contribution is 9.10. The van der Waals surface area contributed by atoms with Gasteiger partial charge < -0.3 is 9.64 Å². The van der Waals surface area contributed by atoms with Gasteiger partial charge in [-0.3, -0.25) is 14.6 Å². The van der Waals surface area contributed by atoms with Gasteiger partial charge in [-0.2, -0.15) is 0 Å². The van der Waals surface area contributed by atoms with Gasteiger partial charge in [-0.1, -0.05) is 36.2 Å². The zero-order valence-electron chi connectivity index (χ0n) is 16.2. The monoisotopic (exact) mass is 434 g/mol. The number of rotatable bonds is 6. The molecule has 6 heteroatoms. The summed E-state index contributed by atoms with van der Waals surface area (Å²) in [6.45, 7) is 4.83. The normalized spacial score (nSPS) is 20.8. The van der Waals surface area contributed by atoms with Crippen LogP contribution in [-0.4, -0.2) is 42.2 Å². The molecule has 5 nitrogen and oxygen atoms in total. The minimum atomic E-state index is -0.332. The Balaban J connectivity index is 1.79. The summed E-state index contributed by atoms with van der Waals surface area (Å²) in [5, 5.41) is 0. The van der Waals surface area contributed by atoms with E-state index >= 15 is 0 Å². The Morgan fingerprint density at radius 3 is 2.89 bits per heavy atom. The van der Waals surface area contributed by atoms with Crippen LogP contribution in [0, 0.1) is 11.8 Å². The quantitative estimate of drug-likeness (QED) is 0.627. The van der Waals surface area contributed by atoms with Crippen LogP contribution >= 0.6 is 15.9 Å². The van der Waals surface area contributed by atoms with Crippen LogP contribution in [0.2, 0.25) is 0 Å². The summed E-state index contributed by atoms with van der Waals surface area (Å²) in [4.78, 5) is 32.0. The number of carbonyl (C=O) groups is 2. The van der Waals surface area contributed by atoms with E-state index in [1.165, 1.54) is 12.7 Å². The molecular formula is C21H27BrN2O3. The SMILES string of the molecule is CC[C@H](C)[C@H](CC(=O)OC)C(=O)N1CCC[C@@H]1C1=Nc2ccc(Br)cc2C1. The topological polar surface area (TPSA) is 59.0 Å². The molecule has 0 bridgehead atoms. The lowest BCUT2D eigenvalue weighted by Crippen LogP contribution is -2.45. The van der Waals surface area contributed by atoms with Crippen LogP contribution in [0.5, 0.6) is 0 Å². The largest absolute Gasteiger partial charge is 0.469 e. The highest BCUT2D eigenvalue weighted by Crippen LogP contribution is 2.34. The molecule has 0 spiro atoms. The van der Waals surface area contributed by atoms with Crippen molar-refractivity contribution in [1.82, 2.24) is 4.90 Å². The Hall–Kier alpha value is -1.69. The van der Waals surface area contributed by atoms with E-state index in [2.05, 4.69) is 28.9 Å². The number of aliphatic imine (C=N–C) groups is 1. The van der Waals surface area contributed by atoms with Crippen LogP contribution in [0.1, 0.15) is 45.1 Å². The predicted octanol–water partition coefficient (Wildman–Crippen LogP) is 4.29. The van der Waals surface area contributed by atoms with Crippen molar-refractivity contribution in [3.05, 3.63) is 28.2 Å². The summed E-state index contributed by atoms with van der Waals surface area (Å²) in [6, 6.07) is 6.16. The van der Waals surface area contributed by atoms with E-state index in [1.54, 1.807) is 0 Å². The number of nitrogens with zero attached hydrogens (tertiary/aromatic N) is 2. The van der Waals surface area contributed by atoms with Gasteiger partial charge in [0, 0.05) is 23.1 Å². The number of fused-ring (bicyclic) bond motifs is 1. The van der Waals surface area contributed by atoms with Gasteiger partial charge in [0.1, 0.15) is 0 Å². The minimum Gasteiger partial charge on any atom is -0.469 e. The Kier molecular flexibility index (Phi) is 6.35. The third kappa shape index (κ3) is 4.26. The molecule has 1 amide bonds. The number of carbonyl (C=O) groups excluding carboxylic acids is 2. The van der Waals surface area contributed by atoms with Crippen molar-refractivity contribution in [3.63, 3.8) is 0 Å². The van der Waals surface area contributed by atoms with Crippen LogP contribution in [0.25, 0.3) is 0 Å². The predicted molar refractivity (Wildman–Crippen MR) is 109 cm³/mol. The smallest absolute Gasteiger partial charge is 0.306 e. The average molecular weight is 435 g/mol. The number of ether oxygens (including phenoxy) is 1. The Labute approximate surface area is 169 Å². The van der Waals surface area contributed by atoms with Crippen molar-refractivity contribution >= 4 is 39.2 Å². The summed E-state index contributed by atoms with van der Waals surface area (Å²) < 4.78 is 5.88. The molecule has 2 aliphatic rings. The second-order valence-electron chi connectivity index (χ2n) is 7.51. The van der Waals surface area contributed by atoms with Crippen molar-refractivity contribution in [1.29, 1.82) is 0 Å². The van der Waals surface area contributed by atoms with E-state index in [0.29, 0.717) is 0 Å². The van der Waals surface area contributed by atoms with Gasteiger partial charge in [0.2, 0.25) is 5.91 Å². The lowest BCUT2D eigenvalue weighted by molar-refractivity contribution is -0.148. The van der Waals surface area contributed by atoms with E-state index in [4.69, 9.17) is 9.73 Å². The van der Waals surface area contributed by atoms with E-state index < -0.39 is 0 Å². The van der Waals surface area contributed by atoms with Gasteiger partial charge in [0.15, 0.2) is 0 Å². The van der Waals surface area contributed by atoms with E-state index in [1.807, 2.05) is 24.0 Å². The second kappa shape index (κ2) is 8.55. The molecule has 3 atom stereocenters. The maximum Gasteiger partial charge on any atom is 0.306 e. The summed E-state index contributed by atoms with van der Waals surface area (Å²) in [7, 11) is 1.38. The maximum absolute atomic E-state index is 13.3. The van der Waals surface area contributed by atoms with Crippen LogP contribution in [0.4, 0.5) is 5.69 Å². The van der Waals surface area contributed by atoms with Gasteiger partial charge in [0.25, 0.3) is 0 Å². The van der Waals surface area contributed by atoms with Crippen LogP contribution in [-0.2, 0) is 20.7 Å². The Bertz CT molecular complexity index is 762. The molecule has 0 aliphatic carbocycles. The standard InChI is InChI=1S/C21H27BrN2O3/c1-4-13(2)16(12-20(25)27-3)21(26)24-9-5-6-19(24)18-11-14-10-15(22)7-8-17(14)23-18/h7-8,10,13,16,19H,4-6,9,11-12H2,1-3H3/t13-,16-,19+/m0/s1. The molecule has 0 aromatic heterocycles. The number of likely N-dealkylation sites (tertiary alicyclic amines) is 1. The first-order valence-corrected chi connectivity index (χ1v) is 10.5. The summed E-state index contributed by atoms with van der Waals surface area (Å²) in [6.07, 6.45) is 3.69. The molecule has 2 heterocycles. The minimum absolute atomic E-state index is 0.0351. The first-order valence-electron chi connectivity index (χ1n) is 9.67. The lowest BCUT2D eigenvalue weighted by Gasteiger charge is -2.31. The molecule has 0 saturated carbocycles. The molecule has 2 aliphatic heterocycles. The third-order valence-electron chi connectivity index (χ3n) is 5.86. The number of methoxy groups -OCH3 is 1. The molecular weight excluding hydrogens is 408 g/mol. The van der Waals surface area contributed by atoms with E-state index in [0.717, 1.165) is 48.1 Å². The molecule has 27 heavy (non-hydrogen) atoms. The maximum atomic E-state index is 13.3. The number of esters is 1. The molecule has 146 valence electrons. The molecule has 3 rings (SSSR count). The highest BCUT2D eigenvalue weighted by Gasteiger charge is 2.39. The average Bonchev–Trinajstić information content (AvgIpc) is 3.30. The fourth-order valence-corrected chi connectivity index (χ4v) is 4.46. The van der Waals surface area contributed by atoms with Gasteiger partial charge in [0.05, 0.1) is 31.2 Å². The summed E-state index contributed by atoms with van der Waals surface area (Å²) >= 11 is 3.52. The first-order chi connectivity index (χ1) is 12.9. The van der Waals surface area contributed by atoms with Crippen molar-refractivity contribution < 1.29 is 14.3 Å². The molecule has 0 radical (unpaired) electrons. The van der Waals surface area contributed by atoms with E-state index in [9.17, 15) is 9.59 Å². The molecule has 1 fully saturated rings. The summed E-state index contributed by atoms with van der Waals surface area (Å²) in [5.74, 6) is -0.449. The van der Waals surface area contributed by atoms with Crippen molar-refractivity contribution in [2.24, 2.45) is 16.8 Å². The number of hydrogen-bond donors (Lipinski definition) is 0. The van der Waals surface area contributed by atoms with Crippen LogP contribution in [0.15, 0.2) is 27.7 Å². The van der Waals surface area contributed by atoms with Crippen molar-refractivity contribution in [2.75, 3.05) is 13.7 Å². The molecule has 0 N–H and O–H groups in total. The molecule has 1 saturated heterocycles. The Morgan fingerprint density at radius 2 is 2.19 bits per heavy atom. The third-order valence-corrected chi connectivity index (χ3v) is 6.35. The van der Waals surface area contributed by atoms with Gasteiger partial charge in [-0.15, -0.1) is 0 Å². The van der Waals surface area contributed by atoms with Crippen LogP contribution < -0.4 is 0 Å². The molecule has 1 aromatic rings. The van der Waals surface area contributed by atoms with Gasteiger partial charge >= 0.3 is 5.97 Å². The van der Waals surface area contributed by atoms with E-state index in [-0.39, 0.29) is 36.2 Å². The van der Waals surface area contributed by atoms with Crippen molar-refractivity contribution in [3.8, 4) is 0 Å². The zero-order chi connectivity index (χ0) is 19.6. The number of hydrogen-bond acceptors (Lipinski definition) is 4. The molecule has 0 unspecified atom stereocenters. The Morgan fingerprint density at radius 1 is 1.41 bits per heavy atom. The summed E-state index contributed by atoms with van der Waals surface area (Å²) in [5.41, 5.74) is 3.27. The molecule has 1 aromatic carbocycles. The zero-order valence-corrected chi connectivity index (χ0v) is 17.8. The lowest BCUT2D eigenvalue weighted by atomic mass is 9.87. The number of benzene rings is 1. The fourth-order valence-electron chi connectivity index (χ4n) is 4.06. The highest BCUT2D eigenvalue weighted by atomic mass is 79.9. The van der Waals surface area contributed by atoms with Crippen LogP contribution in [0.3, 0.4) is 0 Å². The number of amides is 1. The fraction of sp³-hybridized carbons (Fsp3) is 0.571. The van der Waals surface area contributed by atoms with Gasteiger partial charge in [-0.25, -0.2) is 0 Å². The van der Waals surface area contributed by atoms with Crippen molar-refractivity contribution in [2.45, 2.75) is 52.0 Å². The first kappa shape index (κ1) is 20.1. The number of halogens is 1. The second-order valence-corrected chi connectivity index (χ2v) is 8.43. The van der Waals surface area contributed by atoms with Gasteiger partial charge in [-0.05, 0) is 42.5 Å².